The van der Waals surface area contributed by atoms with Gasteiger partial charge >= 0.3 is 0 Å². The Kier molecular flexibility index (Phi) is 4.51. The van der Waals surface area contributed by atoms with Gasteiger partial charge in [0.05, 0.1) is 19.1 Å². The van der Waals surface area contributed by atoms with Gasteiger partial charge in [0.25, 0.3) is 0 Å². The van der Waals surface area contributed by atoms with Crippen LogP contribution in [0.15, 0.2) is 54.6 Å². The van der Waals surface area contributed by atoms with Crippen LogP contribution in [0.2, 0.25) is 0 Å². The minimum Gasteiger partial charge on any atom is -0.497 e. The number of hydrogen-bond donors (Lipinski definition) is 1. The van der Waals surface area contributed by atoms with Crippen LogP contribution in [0, 0.1) is 5.92 Å². The number of carbonyl (C=O) groups is 2. The molecule has 0 aliphatic carbocycles. The minimum atomic E-state index is -0.410. The molecule has 0 saturated carbocycles. The number of likely N-dealkylation sites (tertiary alicyclic amines) is 1. The molecular weight excluding hydrogens is 304 g/mol. The highest BCUT2D eigenvalue weighted by Gasteiger charge is 2.42. The lowest BCUT2D eigenvalue weighted by molar-refractivity contribution is -0.127. The van der Waals surface area contributed by atoms with Gasteiger partial charge in [-0.15, -0.1) is 0 Å². The van der Waals surface area contributed by atoms with Crippen LogP contribution >= 0.6 is 0 Å². The van der Waals surface area contributed by atoms with Gasteiger partial charge in [-0.2, -0.15) is 0 Å². The summed E-state index contributed by atoms with van der Waals surface area (Å²) < 4.78 is 5.11. The fourth-order valence-corrected chi connectivity index (χ4v) is 3.12. The number of amides is 2. The summed E-state index contributed by atoms with van der Waals surface area (Å²) in [6, 6.07) is 16.6. The molecule has 1 aliphatic heterocycles. The first-order valence-electron chi connectivity index (χ1n) is 7.85. The van der Waals surface area contributed by atoms with E-state index in [4.69, 9.17) is 4.74 Å². The number of rotatable bonds is 4. The third-order valence-corrected chi connectivity index (χ3v) is 4.42. The van der Waals surface area contributed by atoms with Gasteiger partial charge in [-0.05, 0) is 29.8 Å². The third-order valence-electron chi connectivity index (χ3n) is 4.42. The molecule has 1 N–H and O–H groups in total. The Morgan fingerprint density at radius 1 is 1.12 bits per heavy atom. The third kappa shape index (κ3) is 3.11. The molecule has 0 unspecified atom stereocenters. The van der Waals surface area contributed by atoms with Gasteiger partial charge in [0.15, 0.2) is 0 Å². The van der Waals surface area contributed by atoms with E-state index in [1.54, 1.807) is 43.3 Å². The monoisotopic (exact) mass is 324 g/mol. The molecule has 5 heteroatoms. The van der Waals surface area contributed by atoms with Crippen LogP contribution in [0.3, 0.4) is 0 Å². The molecule has 2 aromatic carbocycles. The molecule has 0 aromatic heterocycles. The lowest BCUT2D eigenvalue weighted by atomic mass is 9.93. The molecule has 2 amide bonds. The van der Waals surface area contributed by atoms with Gasteiger partial charge in [0, 0.05) is 19.2 Å². The molecule has 0 spiro atoms. The van der Waals surface area contributed by atoms with Crippen molar-refractivity contribution in [1.29, 1.82) is 0 Å². The number of methoxy groups -OCH3 is 1. The van der Waals surface area contributed by atoms with Crippen molar-refractivity contribution >= 4 is 17.5 Å². The smallest absolute Gasteiger partial charge is 0.230 e. The van der Waals surface area contributed by atoms with Crippen LogP contribution in [0.5, 0.6) is 5.75 Å². The van der Waals surface area contributed by atoms with Gasteiger partial charge in [0.1, 0.15) is 5.75 Å². The highest BCUT2D eigenvalue weighted by molar-refractivity contribution is 5.97. The SMILES string of the molecule is COc1ccc(NC(=O)[C@@H]2CC(=O)N(C)[C@@H]2c2ccccc2)cc1. The first-order chi connectivity index (χ1) is 11.6. The average Bonchev–Trinajstić information content (AvgIpc) is 2.91. The predicted molar refractivity (Wildman–Crippen MR) is 91.7 cm³/mol. The number of carbonyl (C=O) groups excluding carboxylic acids is 2. The Morgan fingerprint density at radius 3 is 2.42 bits per heavy atom. The summed E-state index contributed by atoms with van der Waals surface area (Å²) >= 11 is 0. The lowest BCUT2D eigenvalue weighted by Crippen LogP contribution is -2.29. The van der Waals surface area contributed by atoms with Gasteiger partial charge in [-0.25, -0.2) is 0 Å². The second-order valence-corrected chi connectivity index (χ2v) is 5.89. The molecule has 24 heavy (non-hydrogen) atoms. The summed E-state index contributed by atoms with van der Waals surface area (Å²) in [6.45, 7) is 0. The van der Waals surface area contributed by atoms with Crippen LogP contribution < -0.4 is 10.1 Å². The van der Waals surface area contributed by atoms with Gasteiger partial charge in [-0.1, -0.05) is 30.3 Å². The molecule has 1 aliphatic rings. The van der Waals surface area contributed by atoms with E-state index in [-0.39, 0.29) is 24.3 Å². The average molecular weight is 324 g/mol. The van der Waals surface area contributed by atoms with Crippen molar-refractivity contribution in [2.75, 3.05) is 19.5 Å². The second kappa shape index (κ2) is 6.74. The van der Waals surface area contributed by atoms with Crippen molar-refractivity contribution in [2.24, 2.45) is 5.92 Å². The van der Waals surface area contributed by atoms with E-state index in [1.807, 2.05) is 30.3 Å². The Balaban J connectivity index is 1.80. The molecule has 1 fully saturated rings. The lowest BCUT2D eigenvalue weighted by Gasteiger charge is -2.25. The molecule has 2 aromatic rings. The number of nitrogens with zero attached hydrogens (tertiary/aromatic N) is 1. The van der Waals surface area contributed by atoms with E-state index in [1.165, 1.54) is 0 Å². The molecule has 0 bridgehead atoms. The van der Waals surface area contributed by atoms with Crippen LogP contribution in [0.1, 0.15) is 18.0 Å². The van der Waals surface area contributed by atoms with Gasteiger partial charge in [0.2, 0.25) is 11.8 Å². The fraction of sp³-hybridized carbons (Fsp3) is 0.263. The highest BCUT2D eigenvalue weighted by Crippen LogP contribution is 2.37. The standard InChI is InChI=1S/C19H20N2O3/c1-21-17(22)12-16(18(21)13-6-4-3-5-7-13)19(23)20-14-8-10-15(24-2)11-9-14/h3-11,16,18H,12H2,1-2H3,(H,20,23)/t16-,18-/m1/s1. The zero-order valence-corrected chi connectivity index (χ0v) is 13.7. The maximum Gasteiger partial charge on any atom is 0.230 e. The van der Waals surface area contributed by atoms with E-state index < -0.39 is 5.92 Å². The Hall–Kier alpha value is -2.82. The van der Waals surface area contributed by atoms with Crippen molar-refractivity contribution in [3.63, 3.8) is 0 Å². The van der Waals surface area contributed by atoms with Gasteiger partial charge in [-0.3, -0.25) is 9.59 Å². The van der Waals surface area contributed by atoms with E-state index in [9.17, 15) is 9.59 Å². The summed E-state index contributed by atoms with van der Waals surface area (Å²) in [4.78, 5) is 26.5. The van der Waals surface area contributed by atoms with Crippen LogP contribution in [-0.4, -0.2) is 30.9 Å². The van der Waals surface area contributed by atoms with E-state index in [2.05, 4.69) is 5.32 Å². The Morgan fingerprint density at radius 2 is 1.79 bits per heavy atom. The summed E-state index contributed by atoms with van der Waals surface area (Å²) in [5.74, 6) is 0.156. The molecule has 1 saturated heterocycles. The highest BCUT2D eigenvalue weighted by atomic mass is 16.5. The number of hydrogen-bond acceptors (Lipinski definition) is 3. The fourth-order valence-electron chi connectivity index (χ4n) is 3.12. The normalized spacial score (nSPS) is 20.1. The largest absolute Gasteiger partial charge is 0.497 e. The zero-order valence-electron chi connectivity index (χ0n) is 13.7. The van der Waals surface area contributed by atoms with Gasteiger partial charge < -0.3 is 15.0 Å². The van der Waals surface area contributed by atoms with Crippen molar-refractivity contribution in [3.8, 4) is 5.75 Å². The van der Waals surface area contributed by atoms with Crippen molar-refractivity contribution in [3.05, 3.63) is 60.2 Å². The van der Waals surface area contributed by atoms with Crippen LogP contribution in [-0.2, 0) is 9.59 Å². The number of anilines is 1. The molecule has 3 rings (SSSR count). The number of benzene rings is 2. The summed E-state index contributed by atoms with van der Waals surface area (Å²) in [6.07, 6.45) is 0.220. The minimum absolute atomic E-state index is 0.0151. The van der Waals surface area contributed by atoms with Crippen molar-refractivity contribution in [2.45, 2.75) is 12.5 Å². The molecule has 124 valence electrons. The van der Waals surface area contributed by atoms with E-state index in [0.717, 1.165) is 11.3 Å². The van der Waals surface area contributed by atoms with Crippen molar-refractivity contribution < 1.29 is 14.3 Å². The number of ether oxygens (including phenoxy) is 1. The second-order valence-electron chi connectivity index (χ2n) is 5.89. The summed E-state index contributed by atoms with van der Waals surface area (Å²) in [5.41, 5.74) is 1.66. The molecule has 1 heterocycles. The Labute approximate surface area is 141 Å². The zero-order chi connectivity index (χ0) is 17.1. The quantitative estimate of drug-likeness (QED) is 0.941. The Bertz CT molecular complexity index is 728. The first kappa shape index (κ1) is 16.1. The topological polar surface area (TPSA) is 58.6 Å². The summed E-state index contributed by atoms with van der Waals surface area (Å²) in [5, 5.41) is 2.90. The first-order valence-corrected chi connectivity index (χ1v) is 7.85. The predicted octanol–water partition coefficient (Wildman–Crippen LogP) is 2.85. The molecule has 0 radical (unpaired) electrons. The molecular formula is C19H20N2O3. The maximum atomic E-state index is 12.7. The maximum absolute atomic E-state index is 12.7. The van der Waals surface area contributed by atoms with E-state index in [0.29, 0.717) is 5.69 Å². The van der Waals surface area contributed by atoms with E-state index >= 15 is 0 Å². The van der Waals surface area contributed by atoms with Crippen LogP contribution in [0.25, 0.3) is 0 Å². The van der Waals surface area contributed by atoms with Crippen LogP contribution in [0.4, 0.5) is 5.69 Å². The molecule has 5 nitrogen and oxygen atoms in total. The molecule has 2 atom stereocenters. The number of nitrogens with one attached hydrogen (secondary N) is 1. The van der Waals surface area contributed by atoms with Crippen molar-refractivity contribution in [1.82, 2.24) is 4.90 Å². The summed E-state index contributed by atoms with van der Waals surface area (Å²) in [7, 11) is 3.35.